The molecule has 0 unspecified atom stereocenters. The second-order valence-corrected chi connectivity index (χ2v) is 9.09. The smallest absolute Gasteiger partial charge is 0.250 e. The molecule has 1 aliphatic heterocycles. The van der Waals surface area contributed by atoms with Gasteiger partial charge in [0.05, 0.1) is 0 Å². The molecular weight excluding hydrogens is 372 g/mol. The molecule has 2 saturated carbocycles. The van der Waals surface area contributed by atoms with Gasteiger partial charge in [-0.3, -0.25) is 9.59 Å². The molecule has 0 spiro atoms. The topological polar surface area (TPSA) is 40.6 Å². The second kappa shape index (κ2) is 8.86. The van der Waals surface area contributed by atoms with E-state index in [1.165, 1.54) is 19.3 Å². The molecule has 1 heterocycles. The van der Waals surface area contributed by atoms with Gasteiger partial charge < -0.3 is 9.80 Å². The van der Waals surface area contributed by atoms with Crippen LogP contribution in [0.5, 0.6) is 0 Å². The lowest BCUT2D eigenvalue weighted by Gasteiger charge is -2.47. The number of carbonyl (C=O) groups is 2. The van der Waals surface area contributed by atoms with Crippen molar-refractivity contribution in [1.82, 2.24) is 9.80 Å². The van der Waals surface area contributed by atoms with Crippen LogP contribution in [0.4, 0.5) is 0 Å². The maximum absolute atomic E-state index is 13.7. The van der Waals surface area contributed by atoms with Crippen molar-refractivity contribution in [2.24, 2.45) is 0 Å². The number of amides is 2. The van der Waals surface area contributed by atoms with Gasteiger partial charge in [-0.2, -0.15) is 0 Å². The zero-order valence-electron chi connectivity index (χ0n) is 16.6. The number of carbonyl (C=O) groups excluding carboxylic acids is 2. The third kappa shape index (κ3) is 4.07. The number of hydrogen-bond acceptors (Lipinski definition) is 2. The summed E-state index contributed by atoms with van der Waals surface area (Å²) in [4.78, 5) is 30.9. The molecule has 3 aliphatic rings. The van der Waals surface area contributed by atoms with Crippen molar-refractivity contribution in [3.05, 3.63) is 34.9 Å². The number of halogens is 1. The van der Waals surface area contributed by atoms with Crippen LogP contribution >= 0.6 is 11.6 Å². The first-order chi connectivity index (χ1) is 13.6. The highest BCUT2D eigenvalue weighted by Gasteiger charge is 2.45. The van der Waals surface area contributed by atoms with E-state index in [1.807, 2.05) is 34.1 Å². The molecule has 1 aromatic rings. The van der Waals surface area contributed by atoms with E-state index in [9.17, 15) is 9.59 Å². The Hall–Kier alpha value is -1.55. The van der Waals surface area contributed by atoms with E-state index in [0.717, 1.165) is 56.9 Å². The normalized spacial score (nSPS) is 25.8. The third-order valence-corrected chi connectivity index (χ3v) is 7.06. The molecule has 0 bridgehead atoms. The predicted molar refractivity (Wildman–Crippen MR) is 111 cm³/mol. The Morgan fingerprint density at radius 2 is 1.29 bits per heavy atom. The van der Waals surface area contributed by atoms with E-state index in [1.54, 1.807) is 0 Å². The molecule has 152 valence electrons. The number of nitrogens with zero attached hydrogens (tertiary/aromatic N) is 2. The Morgan fingerprint density at radius 3 is 1.89 bits per heavy atom. The molecule has 2 amide bonds. The molecule has 0 N–H and O–H groups in total. The van der Waals surface area contributed by atoms with E-state index in [-0.39, 0.29) is 30.4 Å². The fourth-order valence-corrected chi connectivity index (χ4v) is 5.45. The van der Waals surface area contributed by atoms with Gasteiger partial charge in [-0.1, -0.05) is 68.7 Å². The Bertz CT molecular complexity index is 691. The molecular formula is C23H31ClN2O2. The lowest BCUT2D eigenvalue weighted by Crippen LogP contribution is -2.60. The van der Waals surface area contributed by atoms with Crippen LogP contribution < -0.4 is 0 Å². The first-order valence-corrected chi connectivity index (χ1v) is 11.4. The molecule has 1 aromatic carbocycles. The molecule has 0 aromatic heterocycles. The van der Waals surface area contributed by atoms with E-state index < -0.39 is 6.04 Å². The summed E-state index contributed by atoms with van der Waals surface area (Å²) in [5.41, 5.74) is 0.895. The van der Waals surface area contributed by atoms with Gasteiger partial charge in [-0.15, -0.1) is 0 Å². The summed E-state index contributed by atoms with van der Waals surface area (Å²) in [6.45, 7) is 0.254. The summed E-state index contributed by atoms with van der Waals surface area (Å²) in [6.07, 6.45) is 12.4. The number of benzene rings is 1. The summed E-state index contributed by atoms with van der Waals surface area (Å²) in [5, 5.41) is 0.656. The average Bonchev–Trinajstić information content (AvgIpc) is 3.00. The highest BCUT2D eigenvalue weighted by Crippen LogP contribution is 2.37. The Kier molecular flexibility index (Phi) is 6.25. The molecule has 1 saturated heterocycles. The van der Waals surface area contributed by atoms with Crippen LogP contribution in [0, 0.1) is 0 Å². The lowest BCUT2D eigenvalue weighted by molar-refractivity contribution is -0.162. The fraction of sp³-hybridized carbons (Fsp3) is 0.652. The molecule has 2 aliphatic carbocycles. The zero-order chi connectivity index (χ0) is 19.5. The van der Waals surface area contributed by atoms with Crippen molar-refractivity contribution < 1.29 is 9.59 Å². The predicted octanol–water partition coefficient (Wildman–Crippen LogP) is 5.11. The maximum Gasteiger partial charge on any atom is 0.250 e. The van der Waals surface area contributed by atoms with Gasteiger partial charge in [0.2, 0.25) is 5.91 Å². The minimum atomic E-state index is -0.495. The van der Waals surface area contributed by atoms with Gasteiger partial charge >= 0.3 is 0 Å². The van der Waals surface area contributed by atoms with E-state index in [0.29, 0.717) is 5.02 Å². The van der Waals surface area contributed by atoms with Crippen LogP contribution in [-0.4, -0.2) is 40.2 Å². The van der Waals surface area contributed by atoms with Crippen LogP contribution in [0.25, 0.3) is 0 Å². The van der Waals surface area contributed by atoms with Crippen molar-refractivity contribution >= 4 is 23.4 Å². The minimum absolute atomic E-state index is 0.111. The first kappa shape index (κ1) is 19.8. The highest BCUT2D eigenvalue weighted by atomic mass is 35.5. The van der Waals surface area contributed by atoms with Crippen molar-refractivity contribution in [3.8, 4) is 0 Å². The van der Waals surface area contributed by atoms with Crippen LogP contribution in [0.1, 0.15) is 82.2 Å². The lowest BCUT2D eigenvalue weighted by atomic mass is 9.89. The van der Waals surface area contributed by atoms with Gasteiger partial charge in [-0.25, -0.2) is 0 Å². The van der Waals surface area contributed by atoms with Gasteiger partial charge in [0, 0.05) is 17.1 Å². The van der Waals surface area contributed by atoms with Crippen LogP contribution in [-0.2, 0) is 9.59 Å². The monoisotopic (exact) mass is 402 g/mol. The number of piperazine rings is 1. The van der Waals surface area contributed by atoms with Gasteiger partial charge in [0.1, 0.15) is 12.6 Å². The van der Waals surface area contributed by atoms with Crippen molar-refractivity contribution in [2.75, 3.05) is 6.54 Å². The Balaban J connectivity index is 1.66. The Morgan fingerprint density at radius 1 is 0.750 bits per heavy atom. The van der Waals surface area contributed by atoms with E-state index in [4.69, 9.17) is 11.6 Å². The fourth-order valence-electron chi connectivity index (χ4n) is 5.33. The summed E-state index contributed by atoms with van der Waals surface area (Å²) in [6, 6.07) is 7.40. The van der Waals surface area contributed by atoms with Gasteiger partial charge in [-0.05, 0) is 43.4 Å². The number of hydrogen-bond donors (Lipinski definition) is 0. The van der Waals surface area contributed by atoms with Crippen molar-refractivity contribution in [1.29, 1.82) is 0 Å². The molecule has 0 radical (unpaired) electrons. The van der Waals surface area contributed by atoms with Crippen molar-refractivity contribution in [2.45, 2.75) is 88.8 Å². The largest absolute Gasteiger partial charge is 0.328 e. The van der Waals surface area contributed by atoms with Crippen LogP contribution in [0.2, 0.25) is 5.02 Å². The minimum Gasteiger partial charge on any atom is -0.328 e. The third-order valence-electron chi connectivity index (χ3n) is 6.81. The summed E-state index contributed by atoms with van der Waals surface area (Å²) >= 11 is 6.09. The van der Waals surface area contributed by atoms with Crippen LogP contribution in [0.3, 0.4) is 0 Å². The van der Waals surface area contributed by atoms with Gasteiger partial charge in [0.15, 0.2) is 0 Å². The number of rotatable bonds is 3. The summed E-state index contributed by atoms with van der Waals surface area (Å²) < 4.78 is 0. The zero-order valence-corrected chi connectivity index (χ0v) is 17.4. The van der Waals surface area contributed by atoms with E-state index >= 15 is 0 Å². The van der Waals surface area contributed by atoms with E-state index in [2.05, 4.69) is 0 Å². The molecule has 3 fully saturated rings. The SMILES string of the molecule is O=C1[C@H](c2ccc(Cl)cc2)N(C2CCCCC2)C(=O)CN1C1CCCCCC1. The maximum atomic E-state index is 13.7. The molecule has 1 atom stereocenters. The molecule has 4 nitrogen and oxygen atoms in total. The summed E-state index contributed by atoms with van der Waals surface area (Å²) in [7, 11) is 0. The van der Waals surface area contributed by atoms with Gasteiger partial charge in [0.25, 0.3) is 5.91 Å². The van der Waals surface area contributed by atoms with Crippen molar-refractivity contribution in [3.63, 3.8) is 0 Å². The second-order valence-electron chi connectivity index (χ2n) is 8.66. The summed E-state index contributed by atoms with van der Waals surface area (Å²) in [5.74, 6) is 0.232. The molecule has 28 heavy (non-hydrogen) atoms. The first-order valence-electron chi connectivity index (χ1n) is 11.0. The highest BCUT2D eigenvalue weighted by molar-refractivity contribution is 6.30. The standard InChI is InChI=1S/C23H31ClN2O2/c24-18-14-12-17(13-15-18)22-23(28)25(19-8-4-1-2-5-9-19)16-21(27)26(22)20-10-6-3-7-11-20/h12-15,19-20,22H,1-11,16H2/t22-/m0/s1. The Labute approximate surface area is 173 Å². The average molecular weight is 403 g/mol. The molecule has 5 heteroatoms. The quantitative estimate of drug-likeness (QED) is 0.659. The molecule has 4 rings (SSSR count). The van der Waals surface area contributed by atoms with Crippen LogP contribution in [0.15, 0.2) is 24.3 Å².